The molecule has 1 aliphatic carbocycles. The summed E-state index contributed by atoms with van der Waals surface area (Å²) in [5.74, 6) is 0.0731. The molecule has 3 aliphatic rings. The molecule has 3 aromatic rings. The van der Waals surface area contributed by atoms with Crippen LogP contribution in [0.5, 0.6) is 5.75 Å². The molecule has 3 fully saturated rings. The van der Waals surface area contributed by atoms with Crippen molar-refractivity contribution in [2.75, 3.05) is 4.90 Å². The average molecular weight is 453 g/mol. The Balaban J connectivity index is 1.29. The molecule has 2 bridgehead atoms. The van der Waals surface area contributed by atoms with Gasteiger partial charge in [-0.15, -0.1) is 0 Å². The molecule has 0 spiro atoms. The van der Waals surface area contributed by atoms with E-state index >= 15 is 4.39 Å². The van der Waals surface area contributed by atoms with Crippen LogP contribution in [0.1, 0.15) is 32.1 Å². The zero-order valence-electron chi connectivity index (χ0n) is 18.3. The van der Waals surface area contributed by atoms with Crippen LogP contribution in [0, 0.1) is 5.82 Å². The van der Waals surface area contributed by atoms with Crippen molar-refractivity contribution < 1.29 is 13.9 Å². The maximum Gasteiger partial charge on any atom is 0.147 e. The van der Waals surface area contributed by atoms with E-state index in [1.165, 1.54) is 18.3 Å². The van der Waals surface area contributed by atoms with Gasteiger partial charge in [-0.25, -0.2) is 13.8 Å². The molecule has 7 nitrogen and oxygen atoms in total. The van der Waals surface area contributed by atoms with Gasteiger partial charge in [-0.1, -0.05) is 0 Å². The number of hydrogen-bond donors (Lipinski definition) is 2. The lowest BCUT2D eigenvalue weighted by molar-refractivity contribution is 0.171. The van der Waals surface area contributed by atoms with Gasteiger partial charge in [-0.2, -0.15) is 5.10 Å². The summed E-state index contributed by atoms with van der Waals surface area (Å²) in [5.41, 5.74) is 1.48. The van der Waals surface area contributed by atoms with Gasteiger partial charge in [-0.05, 0) is 44.2 Å². The highest BCUT2D eigenvalue weighted by molar-refractivity contribution is 5.74. The zero-order valence-corrected chi connectivity index (χ0v) is 18.3. The van der Waals surface area contributed by atoms with E-state index in [1.54, 1.807) is 30.3 Å². The fraction of sp³-hybridized carbons (Fsp3) is 0.458. The molecule has 2 aliphatic heterocycles. The van der Waals surface area contributed by atoms with E-state index in [0.717, 1.165) is 32.1 Å². The number of rotatable bonds is 5. The second-order valence-electron chi connectivity index (χ2n) is 9.45. The molecule has 2 aromatic heterocycles. The number of aromatic hydroxyl groups is 1. The summed E-state index contributed by atoms with van der Waals surface area (Å²) in [6.07, 6.45) is 10.2. The SMILES string of the molecule is Cn1cc(-c2cc(O)c(-c3cnc(N(C4CC4)[C@H]4CC5CCC(N5)[C@H]4F)cn3)cc2F)cn1. The quantitative estimate of drug-likeness (QED) is 0.616. The molecule has 4 heterocycles. The maximum atomic E-state index is 15.3. The Bertz CT molecular complexity index is 1180. The predicted molar refractivity (Wildman–Crippen MR) is 120 cm³/mol. The first-order chi connectivity index (χ1) is 16.0. The monoisotopic (exact) mass is 452 g/mol. The second kappa shape index (κ2) is 7.76. The number of nitrogens with one attached hydrogen (secondary N) is 1. The van der Waals surface area contributed by atoms with Crippen LogP contribution in [0.25, 0.3) is 22.4 Å². The smallest absolute Gasteiger partial charge is 0.147 e. The highest BCUT2D eigenvalue weighted by Crippen LogP contribution is 2.40. The van der Waals surface area contributed by atoms with Crippen LogP contribution < -0.4 is 10.2 Å². The average Bonchev–Trinajstić information content (AvgIpc) is 3.41. The summed E-state index contributed by atoms with van der Waals surface area (Å²) in [4.78, 5) is 11.2. The highest BCUT2D eigenvalue weighted by atomic mass is 19.1. The third-order valence-electron chi connectivity index (χ3n) is 7.13. The van der Waals surface area contributed by atoms with Gasteiger partial charge < -0.3 is 15.3 Å². The third-order valence-corrected chi connectivity index (χ3v) is 7.13. The minimum atomic E-state index is -0.941. The number of halogens is 2. The van der Waals surface area contributed by atoms with Crippen LogP contribution in [-0.4, -0.2) is 55.2 Å². The molecule has 1 saturated carbocycles. The molecule has 2 saturated heterocycles. The number of hydrogen-bond acceptors (Lipinski definition) is 6. The Morgan fingerprint density at radius 1 is 1.09 bits per heavy atom. The first-order valence-corrected chi connectivity index (χ1v) is 11.5. The van der Waals surface area contributed by atoms with Crippen LogP contribution in [0.2, 0.25) is 0 Å². The van der Waals surface area contributed by atoms with Crippen molar-refractivity contribution in [3.8, 4) is 28.1 Å². The molecule has 33 heavy (non-hydrogen) atoms. The first kappa shape index (κ1) is 20.5. The van der Waals surface area contributed by atoms with E-state index in [1.807, 2.05) is 0 Å². The number of fused-ring (bicyclic) bond motifs is 2. The molecule has 4 atom stereocenters. The van der Waals surface area contributed by atoms with Crippen LogP contribution in [0.15, 0.2) is 36.9 Å². The maximum absolute atomic E-state index is 15.3. The van der Waals surface area contributed by atoms with Crippen molar-refractivity contribution in [1.82, 2.24) is 25.1 Å². The minimum Gasteiger partial charge on any atom is -0.507 e. The Morgan fingerprint density at radius 3 is 2.64 bits per heavy atom. The van der Waals surface area contributed by atoms with Gasteiger partial charge in [-0.3, -0.25) is 9.67 Å². The summed E-state index contributed by atoms with van der Waals surface area (Å²) in [5, 5.41) is 18.0. The summed E-state index contributed by atoms with van der Waals surface area (Å²) >= 11 is 0. The standard InChI is InChI=1S/C24H26F2N6O/c1-31-12-13(9-29-31)16-8-22(33)17(7-18(16)25)20-10-28-23(11-27-20)32(15-3-4-15)21-6-14-2-5-19(30-14)24(21)26/h7-12,14-15,19,21,24,30,33H,2-6H2,1H3/t14?,19?,21-,24+/m0/s1. The van der Waals surface area contributed by atoms with Gasteiger partial charge >= 0.3 is 0 Å². The number of aromatic nitrogens is 4. The molecule has 0 amide bonds. The van der Waals surface area contributed by atoms with Gasteiger partial charge in [0.05, 0.1) is 30.3 Å². The molecule has 2 N–H and O–H groups in total. The highest BCUT2D eigenvalue weighted by Gasteiger charge is 2.48. The number of piperidine rings is 1. The molecular formula is C24H26F2N6O. The van der Waals surface area contributed by atoms with Crippen molar-refractivity contribution in [2.45, 2.75) is 62.4 Å². The Kier molecular flexibility index (Phi) is 4.83. The van der Waals surface area contributed by atoms with E-state index in [9.17, 15) is 9.50 Å². The lowest BCUT2D eigenvalue weighted by atomic mass is 9.96. The molecule has 9 heteroatoms. The molecule has 6 rings (SSSR count). The van der Waals surface area contributed by atoms with Crippen molar-refractivity contribution in [3.05, 3.63) is 42.7 Å². The van der Waals surface area contributed by atoms with E-state index < -0.39 is 12.0 Å². The van der Waals surface area contributed by atoms with Gasteiger partial charge in [0.2, 0.25) is 0 Å². The van der Waals surface area contributed by atoms with Gasteiger partial charge in [0, 0.05) is 48.1 Å². The fourth-order valence-corrected chi connectivity index (χ4v) is 5.37. The van der Waals surface area contributed by atoms with Crippen LogP contribution in [-0.2, 0) is 7.05 Å². The number of alkyl halides is 1. The second-order valence-corrected chi connectivity index (χ2v) is 9.45. The lowest BCUT2D eigenvalue weighted by Crippen LogP contribution is -2.57. The first-order valence-electron chi connectivity index (χ1n) is 11.5. The largest absolute Gasteiger partial charge is 0.507 e. The van der Waals surface area contributed by atoms with Crippen molar-refractivity contribution in [1.29, 1.82) is 0 Å². The fourth-order valence-electron chi connectivity index (χ4n) is 5.37. The Labute approximate surface area is 190 Å². The van der Waals surface area contributed by atoms with Gasteiger partial charge in [0.1, 0.15) is 23.6 Å². The normalized spacial score (nSPS) is 26.5. The number of phenolic OH excluding ortho intramolecular Hbond substituents is 1. The molecule has 2 unspecified atom stereocenters. The number of nitrogens with zero attached hydrogens (tertiary/aromatic N) is 5. The Hall–Kier alpha value is -3.07. The van der Waals surface area contributed by atoms with Crippen LogP contribution >= 0.6 is 0 Å². The van der Waals surface area contributed by atoms with E-state index in [0.29, 0.717) is 23.1 Å². The third kappa shape index (κ3) is 3.64. The van der Waals surface area contributed by atoms with Crippen molar-refractivity contribution in [3.63, 3.8) is 0 Å². The van der Waals surface area contributed by atoms with Gasteiger partial charge in [0.25, 0.3) is 0 Å². The summed E-state index contributed by atoms with van der Waals surface area (Å²) in [7, 11) is 1.75. The molecule has 1 aromatic carbocycles. The number of benzene rings is 1. The van der Waals surface area contributed by atoms with Crippen LogP contribution in [0.4, 0.5) is 14.6 Å². The lowest BCUT2D eigenvalue weighted by Gasteiger charge is -2.41. The minimum absolute atomic E-state index is 0.0829. The zero-order chi connectivity index (χ0) is 22.7. The van der Waals surface area contributed by atoms with Gasteiger partial charge in [0.15, 0.2) is 0 Å². The topological polar surface area (TPSA) is 79.1 Å². The number of anilines is 1. The predicted octanol–water partition coefficient (Wildman–Crippen LogP) is 3.59. The van der Waals surface area contributed by atoms with E-state index in [-0.39, 0.29) is 35.0 Å². The number of aryl methyl sites for hydroxylation is 1. The van der Waals surface area contributed by atoms with E-state index in [2.05, 4.69) is 25.3 Å². The summed E-state index contributed by atoms with van der Waals surface area (Å²) in [6.45, 7) is 0. The van der Waals surface area contributed by atoms with Crippen molar-refractivity contribution >= 4 is 5.82 Å². The summed E-state index contributed by atoms with van der Waals surface area (Å²) in [6, 6.07) is 3.00. The Morgan fingerprint density at radius 2 is 1.94 bits per heavy atom. The van der Waals surface area contributed by atoms with E-state index in [4.69, 9.17) is 0 Å². The molecular weight excluding hydrogens is 426 g/mol. The van der Waals surface area contributed by atoms with Crippen LogP contribution in [0.3, 0.4) is 0 Å². The molecule has 0 radical (unpaired) electrons. The number of phenols is 1. The summed E-state index contributed by atoms with van der Waals surface area (Å²) < 4.78 is 31.7. The molecule has 172 valence electrons. The van der Waals surface area contributed by atoms with Crippen molar-refractivity contribution in [2.24, 2.45) is 7.05 Å².